The third-order valence-electron chi connectivity index (χ3n) is 3.01. The van der Waals surface area contributed by atoms with Crippen LogP contribution in [0.4, 0.5) is 10.1 Å². The molecule has 1 aromatic carbocycles. The maximum atomic E-state index is 13.4. The standard InChI is InChI=1S/C15H22FN3O2/c1-9(2)7-13(15(21)19(3)4)18-14(20)10-5-6-12(17)11(16)8-10/h5-6,8-9,13H,7,17H2,1-4H3,(H,18,20). The van der Waals surface area contributed by atoms with Crippen molar-refractivity contribution in [2.24, 2.45) is 5.92 Å². The van der Waals surface area contributed by atoms with Crippen molar-refractivity contribution in [1.29, 1.82) is 0 Å². The Labute approximate surface area is 124 Å². The first kappa shape index (κ1) is 16.9. The molecule has 0 saturated heterocycles. The van der Waals surface area contributed by atoms with E-state index in [4.69, 9.17) is 5.73 Å². The van der Waals surface area contributed by atoms with E-state index < -0.39 is 17.8 Å². The molecule has 1 aromatic rings. The average molecular weight is 295 g/mol. The third kappa shape index (κ3) is 4.73. The number of benzene rings is 1. The highest BCUT2D eigenvalue weighted by Crippen LogP contribution is 2.13. The summed E-state index contributed by atoms with van der Waals surface area (Å²) in [5.41, 5.74) is 5.50. The highest BCUT2D eigenvalue weighted by atomic mass is 19.1. The first-order valence-corrected chi connectivity index (χ1v) is 6.79. The Morgan fingerprint density at radius 3 is 2.43 bits per heavy atom. The fourth-order valence-corrected chi connectivity index (χ4v) is 1.91. The van der Waals surface area contributed by atoms with Gasteiger partial charge in [-0.3, -0.25) is 9.59 Å². The monoisotopic (exact) mass is 295 g/mol. The molecule has 0 heterocycles. The number of nitrogens with one attached hydrogen (secondary N) is 1. The van der Waals surface area contributed by atoms with Crippen LogP contribution >= 0.6 is 0 Å². The molecule has 0 radical (unpaired) electrons. The van der Waals surface area contributed by atoms with Crippen LogP contribution in [0, 0.1) is 11.7 Å². The molecule has 116 valence electrons. The summed E-state index contributed by atoms with van der Waals surface area (Å²) in [7, 11) is 3.26. The first-order chi connectivity index (χ1) is 9.72. The number of nitrogens with zero attached hydrogens (tertiary/aromatic N) is 1. The molecule has 0 fully saturated rings. The molecule has 0 saturated carbocycles. The van der Waals surface area contributed by atoms with Gasteiger partial charge >= 0.3 is 0 Å². The third-order valence-corrected chi connectivity index (χ3v) is 3.01. The lowest BCUT2D eigenvalue weighted by atomic mass is 10.0. The van der Waals surface area contributed by atoms with Crippen molar-refractivity contribution in [2.75, 3.05) is 19.8 Å². The number of halogens is 1. The van der Waals surface area contributed by atoms with Gasteiger partial charge in [0.2, 0.25) is 5.91 Å². The van der Waals surface area contributed by atoms with Crippen molar-refractivity contribution in [1.82, 2.24) is 10.2 Å². The number of nitrogens with two attached hydrogens (primary N) is 1. The predicted molar refractivity (Wildman–Crippen MR) is 80.2 cm³/mol. The van der Waals surface area contributed by atoms with Crippen LogP contribution in [0.25, 0.3) is 0 Å². The number of rotatable bonds is 5. The van der Waals surface area contributed by atoms with E-state index in [9.17, 15) is 14.0 Å². The van der Waals surface area contributed by atoms with Crippen LogP contribution in [-0.4, -0.2) is 36.9 Å². The number of hydrogen-bond donors (Lipinski definition) is 2. The second kappa shape index (κ2) is 7.06. The van der Waals surface area contributed by atoms with E-state index in [1.165, 1.54) is 17.0 Å². The molecule has 0 aliphatic heterocycles. The summed E-state index contributed by atoms with van der Waals surface area (Å²) in [5, 5.41) is 2.65. The van der Waals surface area contributed by atoms with Gasteiger partial charge in [-0.05, 0) is 30.5 Å². The molecule has 3 N–H and O–H groups in total. The largest absolute Gasteiger partial charge is 0.396 e. The van der Waals surface area contributed by atoms with E-state index in [-0.39, 0.29) is 23.1 Å². The van der Waals surface area contributed by atoms with Crippen LogP contribution in [0.3, 0.4) is 0 Å². The zero-order chi connectivity index (χ0) is 16.2. The molecule has 6 heteroatoms. The lowest BCUT2D eigenvalue weighted by molar-refractivity contribution is -0.131. The second-order valence-corrected chi connectivity index (χ2v) is 5.62. The van der Waals surface area contributed by atoms with Crippen LogP contribution < -0.4 is 11.1 Å². The zero-order valence-electron chi connectivity index (χ0n) is 12.8. The van der Waals surface area contributed by atoms with Gasteiger partial charge in [0.25, 0.3) is 5.91 Å². The van der Waals surface area contributed by atoms with Gasteiger partial charge < -0.3 is 16.0 Å². The SMILES string of the molecule is CC(C)CC(NC(=O)c1ccc(N)c(F)c1)C(=O)N(C)C. The van der Waals surface area contributed by atoms with Gasteiger partial charge in [0.15, 0.2) is 0 Å². The number of likely N-dealkylation sites (N-methyl/N-ethyl adjacent to an activating group) is 1. The van der Waals surface area contributed by atoms with Gasteiger partial charge in [-0.15, -0.1) is 0 Å². The van der Waals surface area contributed by atoms with Crippen molar-refractivity contribution < 1.29 is 14.0 Å². The molecule has 1 rings (SSSR count). The van der Waals surface area contributed by atoms with Crippen LogP contribution in [0.1, 0.15) is 30.6 Å². The Hall–Kier alpha value is -2.11. The maximum Gasteiger partial charge on any atom is 0.252 e. The van der Waals surface area contributed by atoms with Gasteiger partial charge in [0.05, 0.1) is 5.69 Å². The molecule has 0 aliphatic carbocycles. The van der Waals surface area contributed by atoms with E-state index in [2.05, 4.69) is 5.32 Å². The van der Waals surface area contributed by atoms with E-state index in [0.717, 1.165) is 6.07 Å². The number of hydrogen-bond acceptors (Lipinski definition) is 3. The van der Waals surface area contributed by atoms with Crippen LogP contribution in [0.2, 0.25) is 0 Å². The Bertz CT molecular complexity index is 530. The lowest BCUT2D eigenvalue weighted by Crippen LogP contribution is -2.46. The summed E-state index contributed by atoms with van der Waals surface area (Å²) in [6.45, 7) is 3.93. The summed E-state index contributed by atoms with van der Waals surface area (Å²) in [6.07, 6.45) is 0.514. The van der Waals surface area contributed by atoms with Crippen molar-refractivity contribution in [3.05, 3.63) is 29.6 Å². The number of nitrogen functional groups attached to an aromatic ring is 1. The van der Waals surface area contributed by atoms with E-state index in [1.54, 1.807) is 14.1 Å². The average Bonchev–Trinajstić information content (AvgIpc) is 2.39. The zero-order valence-corrected chi connectivity index (χ0v) is 12.8. The summed E-state index contributed by atoms with van der Waals surface area (Å²) in [5.74, 6) is -1.09. The lowest BCUT2D eigenvalue weighted by Gasteiger charge is -2.23. The number of amides is 2. The van der Waals surface area contributed by atoms with Gasteiger partial charge in [-0.2, -0.15) is 0 Å². The molecule has 1 atom stereocenters. The topological polar surface area (TPSA) is 75.4 Å². The van der Waals surface area contributed by atoms with Crippen molar-refractivity contribution in [3.63, 3.8) is 0 Å². The first-order valence-electron chi connectivity index (χ1n) is 6.79. The Morgan fingerprint density at radius 1 is 1.33 bits per heavy atom. The minimum absolute atomic E-state index is 0.0188. The molecule has 5 nitrogen and oxygen atoms in total. The fourth-order valence-electron chi connectivity index (χ4n) is 1.91. The van der Waals surface area contributed by atoms with Crippen molar-refractivity contribution in [2.45, 2.75) is 26.3 Å². The summed E-state index contributed by atoms with van der Waals surface area (Å²) < 4.78 is 13.4. The van der Waals surface area contributed by atoms with Crippen molar-refractivity contribution >= 4 is 17.5 Å². The summed E-state index contributed by atoms with van der Waals surface area (Å²) >= 11 is 0. The Morgan fingerprint density at radius 2 is 1.95 bits per heavy atom. The quantitative estimate of drug-likeness (QED) is 0.811. The Kier molecular flexibility index (Phi) is 5.69. The number of carbonyl (C=O) groups is 2. The minimum atomic E-state index is -0.651. The number of carbonyl (C=O) groups excluding carboxylic acids is 2. The molecule has 0 bridgehead atoms. The van der Waals surface area contributed by atoms with Crippen LogP contribution in [0.15, 0.2) is 18.2 Å². The normalized spacial score (nSPS) is 12.1. The van der Waals surface area contributed by atoms with Gasteiger partial charge in [-0.1, -0.05) is 13.8 Å². The predicted octanol–water partition coefficient (Wildman–Crippen LogP) is 1.64. The van der Waals surface area contributed by atoms with Gasteiger partial charge in [0.1, 0.15) is 11.9 Å². The summed E-state index contributed by atoms with van der Waals surface area (Å²) in [4.78, 5) is 25.6. The minimum Gasteiger partial charge on any atom is -0.396 e. The molecule has 0 spiro atoms. The molecule has 21 heavy (non-hydrogen) atoms. The van der Waals surface area contributed by atoms with E-state index >= 15 is 0 Å². The summed E-state index contributed by atoms with van der Waals surface area (Å²) in [6, 6.07) is 3.20. The van der Waals surface area contributed by atoms with Crippen LogP contribution in [-0.2, 0) is 4.79 Å². The Balaban J connectivity index is 2.89. The molecular weight excluding hydrogens is 273 g/mol. The highest BCUT2D eigenvalue weighted by Gasteiger charge is 2.24. The van der Waals surface area contributed by atoms with E-state index in [0.29, 0.717) is 6.42 Å². The molecule has 0 aliphatic rings. The second-order valence-electron chi connectivity index (χ2n) is 5.62. The molecular formula is C15H22FN3O2. The fraction of sp³-hybridized carbons (Fsp3) is 0.467. The maximum absolute atomic E-state index is 13.4. The highest BCUT2D eigenvalue weighted by molar-refractivity contribution is 5.97. The molecule has 2 amide bonds. The smallest absolute Gasteiger partial charge is 0.252 e. The van der Waals surface area contributed by atoms with Crippen LogP contribution in [0.5, 0.6) is 0 Å². The van der Waals surface area contributed by atoms with E-state index in [1.807, 2.05) is 13.8 Å². The number of anilines is 1. The molecule has 1 unspecified atom stereocenters. The van der Waals surface area contributed by atoms with Gasteiger partial charge in [0, 0.05) is 19.7 Å². The van der Waals surface area contributed by atoms with Crippen molar-refractivity contribution in [3.8, 4) is 0 Å². The van der Waals surface area contributed by atoms with Gasteiger partial charge in [-0.25, -0.2) is 4.39 Å². The molecule has 0 aromatic heterocycles.